The van der Waals surface area contributed by atoms with Crippen LogP contribution < -0.4 is 10.6 Å². The van der Waals surface area contributed by atoms with Gasteiger partial charge in [-0.2, -0.15) is 0 Å². The van der Waals surface area contributed by atoms with Crippen molar-refractivity contribution in [3.63, 3.8) is 0 Å². The maximum Gasteiger partial charge on any atom is 0.109 e. The molecule has 0 aliphatic carbocycles. The summed E-state index contributed by atoms with van der Waals surface area (Å²) in [4.78, 5) is 0. The molecule has 0 bridgehead atoms. The summed E-state index contributed by atoms with van der Waals surface area (Å²) in [7, 11) is -2.40. The predicted octanol–water partition coefficient (Wildman–Crippen LogP) is 7.94. The van der Waals surface area contributed by atoms with Crippen molar-refractivity contribution in [3.8, 4) is 22.3 Å². The third kappa shape index (κ3) is 4.06. The number of rotatable bonds is 4. The molecule has 3 heteroatoms. The zero-order valence-corrected chi connectivity index (χ0v) is 21.3. The van der Waals surface area contributed by atoms with Crippen LogP contribution in [-0.2, 0) is 4.57 Å². The summed E-state index contributed by atoms with van der Waals surface area (Å²) < 4.78 is 12.6. The molecule has 0 spiro atoms. The van der Waals surface area contributed by atoms with Crippen molar-refractivity contribution in [1.82, 2.24) is 0 Å². The molecule has 0 unspecified atom stereocenters. The van der Waals surface area contributed by atoms with Crippen LogP contribution in [0.5, 0.6) is 0 Å². The van der Waals surface area contributed by atoms with Gasteiger partial charge in [0.1, 0.15) is 7.14 Å². The second kappa shape index (κ2) is 8.57. The number of hydrogen-bond donors (Lipinski definition) is 0. The first-order chi connectivity index (χ1) is 15.8. The molecule has 164 valence electrons. The second-order valence-corrected chi connectivity index (χ2v) is 14.7. The molecule has 0 aliphatic rings. The molecule has 5 rings (SSSR count). The van der Waals surface area contributed by atoms with Crippen molar-refractivity contribution >= 4 is 47.2 Å². The predicted molar refractivity (Wildman–Crippen MR) is 150 cm³/mol. The largest absolute Gasteiger partial charge is 0.319 e. The average Bonchev–Trinajstić information content (AvgIpc) is 2.82. The van der Waals surface area contributed by atoms with E-state index >= 15 is 0 Å². The molecule has 0 aliphatic heterocycles. The maximum atomic E-state index is 12.6. The zero-order chi connectivity index (χ0) is 23.2. The van der Waals surface area contributed by atoms with Crippen LogP contribution in [-0.4, -0.2) is 26.7 Å². The lowest BCUT2D eigenvalue weighted by Gasteiger charge is -2.18. The smallest absolute Gasteiger partial charge is 0.109 e. The van der Waals surface area contributed by atoms with Gasteiger partial charge in [-0.15, -0.1) is 0 Å². The third-order valence-electron chi connectivity index (χ3n) is 6.38. The van der Waals surface area contributed by atoms with Crippen LogP contribution in [0, 0.1) is 0 Å². The Labute approximate surface area is 197 Å². The highest BCUT2D eigenvalue weighted by Crippen LogP contribution is 2.44. The lowest BCUT2D eigenvalue weighted by molar-refractivity contribution is 0.588. The van der Waals surface area contributed by atoms with Gasteiger partial charge in [-0.25, -0.2) is 0 Å². The van der Waals surface area contributed by atoms with Crippen molar-refractivity contribution in [1.29, 1.82) is 0 Å². The summed E-state index contributed by atoms with van der Waals surface area (Å²) >= 11 is 0. The van der Waals surface area contributed by atoms with Crippen LogP contribution in [0.1, 0.15) is 0 Å². The lowest BCUT2D eigenvalue weighted by atomic mass is 9.86. The van der Waals surface area contributed by atoms with Crippen LogP contribution in [0.2, 0.25) is 0 Å². The van der Waals surface area contributed by atoms with Gasteiger partial charge in [-0.1, -0.05) is 105 Å². The zero-order valence-electron chi connectivity index (χ0n) is 19.5. The first-order valence-electron chi connectivity index (χ1n) is 11.2. The highest BCUT2D eigenvalue weighted by atomic mass is 31.2. The van der Waals surface area contributed by atoms with E-state index in [0.717, 1.165) is 10.9 Å². The van der Waals surface area contributed by atoms with Crippen molar-refractivity contribution < 1.29 is 4.57 Å². The van der Waals surface area contributed by atoms with Gasteiger partial charge in [-0.05, 0) is 75.8 Å². The fourth-order valence-corrected chi connectivity index (χ4v) is 6.28. The SMILES string of the molecule is CP(C)c1ccc(-c2c3ccccc3c(-c3ccc(P(C)(C)=O)cc3)c3ccccc23)cc1. The van der Waals surface area contributed by atoms with Gasteiger partial charge in [0.25, 0.3) is 0 Å². The van der Waals surface area contributed by atoms with Crippen LogP contribution in [0.3, 0.4) is 0 Å². The fourth-order valence-electron chi connectivity index (χ4n) is 4.66. The second-order valence-electron chi connectivity index (χ2n) is 9.18. The molecule has 5 aromatic carbocycles. The van der Waals surface area contributed by atoms with Crippen molar-refractivity contribution in [3.05, 3.63) is 97.1 Å². The van der Waals surface area contributed by atoms with Crippen LogP contribution >= 0.6 is 15.1 Å². The molecule has 0 saturated carbocycles. The van der Waals surface area contributed by atoms with Gasteiger partial charge >= 0.3 is 0 Å². The quantitative estimate of drug-likeness (QED) is 0.194. The minimum absolute atomic E-state index is 0.113. The molecule has 0 heterocycles. The van der Waals surface area contributed by atoms with Crippen LogP contribution in [0.15, 0.2) is 97.1 Å². The fraction of sp³-hybridized carbons (Fsp3) is 0.133. The molecular weight excluding hydrogens is 438 g/mol. The molecule has 1 nitrogen and oxygen atoms in total. The topological polar surface area (TPSA) is 17.1 Å². The Balaban J connectivity index is 1.83. The van der Waals surface area contributed by atoms with Gasteiger partial charge < -0.3 is 4.57 Å². The average molecular weight is 467 g/mol. The van der Waals surface area contributed by atoms with E-state index in [1.54, 1.807) is 0 Å². The van der Waals surface area contributed by atoms with Gasteiger partial charge in [0, 0.05) is 5.30 Å². The Morgan fingerprint density at radius 1 is 0.545 bits per heavy atom. The number of fused-ring (bicyclic) bond motifs is 2. The molecule has 0 aromatic heterocycles. The van der Waals surface area contributed by atoms with E-state index in [0.29, 0.717) is 0 Å². The summed E-state index contributed by atoms with van der Waals surface area (Å²) in [5.74, 6) is 0. The third-order valence-corrected chi connectivity index (χ3v) is 9.25. The van der Waals surface area contributed by atoms with Gasteiger partial charge in [-0.3, -0.25) is 0 Å². The molecule has 5 aromatic rings. The first kappa shape index (κ1) is 22.1. The maximum absolute atomic E-state index is 12.6. The van der Waals surface area contributed by atoms with Gasteiger partial charge in [0.15, 0.2) is 0 Å². The minimum atomic E-state index is -2.28. The number of hydrogen-bond acceptors (Lipinski definition) is 1. The molecule has 0 fully saturated rings. The summed E-state index contributed by atoms with van der Waals surface area (Å²) in [6, 6.07) is 34.9. The molecular formula is C30H28OP2. The molecule has 0 amide bonds. The standard InChI is InChI=1S/C30H28OP2/c1-32(2)23-17-13-21(14-18-23)29-25-9-5-7-11-27(25)30(28-12-8-6-10-26(28)29)22-15-19-24(20-16-22)33(3,4)31/h5-20H,1-4H3. The summed E-state index contributed by atoms with van der Waals surface area (Å²) in [6.07, 6.45) is 0. The summed E-state index contributed by atoms with van der Waals surface area (Å²) in [6.45, 7) is 8.25. The van der Waals surface area contributed by atoms with E-state index in [4.69, 9.17) is 0 Å². The minimum Gasteiger partial charge on any atom is -0.319 e. The Hall–Kier alpha value is -2.72. The Kier molecular flexibility index (Phi) is 5.74. The van der Waals surface area contributed by atoms with Crippen molar-refractivity contribution in [2.45, 2.75) is 0 Å². The monoisotopic (exact) mass is 466 g/mol. The Bertz CT molecular complexity index is 1450. The van der Waals surface area contributed by atoms with E-state index in [1.807, 2.05) is 25.5 Å². The van der Waals surface area contributed by atoms with E-state index in [9.17, 15) is 4.57 Å². The molecule has 0 radical (unpaired) electrons. The molecule has 33 heavy (non-hydrogen) atoms. The van der Waals surface area contributed by atoms with E-state index in [1.165, 1.54) is 43.5 Å². The molecule has 0 atom stereocenters. The highest BCUT2D eigenvalue weighted by Gasteiger charge is 2.17. The van der Waals surface area contributed by atoms with E-state index < -0.39 is 7.14 Å². The van der Waals surface area contributed by atoms with E-state index in [-0.39, 0.29) is 7.92 Å². The summed E-state index contributed by atoms with van der Waals surface area (Å²) in [5.41, 5.74) is 4.93. The van der Waals surface area contributed by atoms with Gasteiger partial charge in [0.2, 0.25) is 0 Å². The normalized spacial score (nSPS) is 12.0. The summed E-state index contributed by atoms with van der Waals surface area (Å²) in [5, 5.41) is 7.34. The van der Waals surface area contributed by atoms with E-state index in [2.05, 4.69) is 98.3 Å². The highest BCUT2D eigenvalue weighted by molar-refractivity contribution is 7.70. The Morgan fingerprint density at radius 2 is 0.909 bits per heavy atom. The first-order valence-corrected chi connectivity index (χ1v) is 16.1. The molecule has 0 N–H and O–H groups in total. The van der Waals surface area contributed by atoms with Gasteiger partial charge in [0.05, 0.1) is 0 Å². The lowest BCUT2D eigenvalue weighted by Crippen LogP contribution is -2.01. The number of benzene rings is 5. The van der Waals surface area contributed by atoms with Crippen molar-refractivity contribution in [2.24, 2.45) is 0 Å². The van der Waals surface area contributed by atoms with Crippen molar-refractivity contribution in [2.75, 3.05) is 26.7 Å². The van der Waals surface area contributed by atoms with Crippen LogP contribution in [0.4, 0.5) is 0 Å². The molecule has 0 saturated heterocycles. The Morgan fingerprint density at radius 3 is 1.24 bits per heavy atom. The van der Waals surface area contributed by atoms with Crippen LogP contribution in [0.25, 0.3) is 43.8 Å².